The van der Waals surface area contributed by atoms with Crippen molar-refractivity contribution >= 4 is 5.82 Å². The highest BCUT2D eigenvalue weighted by Gasteiger charge is 2.22. The van der Waals surface area contributed by atoms with Crippen LogP contribution in [-0.4, -0.2) is 17.6 Å². The Kier molecular flexibility index (Phi) is 4.59. The minimum Gasteiger partial charge on any atom is -0.383 e. The molecule has 3 N–H and O–H groups in total. The number of pyridine rings is 1. The van der Waals surface area contributed by atoms with Gasteiger partial charge in [0.25, 0.3) is 0 Å². The molecule has 0 bridgehead atoms. The van der Waals surface area contributed by atoms with Crippen molar-refractivity contribution in [1.82, 2.24) is 10.3 Å². The first-order chi connectivity index (χ1) is 8.70. The van der Waals surface area contributed by atoms with Crippen molar-refractivity contribution < 1.29 is 0 Å². The summed E-state index contributed by atoms with van der Waals surface area (Å²) in [5.41, 5.74) is 8.53. The van der Waals surface area contributed by atoms with Crippen molar-refractivity contribution in [3.63, 3.8) is 0 Å². The van der Waals surface area contributed by atoms with E-state index in [0.29, 0.717) is 12.0 Å². The minimum absolute atomic E-state index is 0.573. The van der Waals surface area contributed by atoms with Gasteiger partial charge in [-0.3, -0.25) is 0 Å². The third-order valence-electron chi connectivity index (χ3n) is 3.94. The van der Waals surface area contributed by atoms with E-state index in [2.05, 4.69) is 30.2 Å². The van der Waals surface area contributed by atoms with Crippen LogP contribution in [0.2, 0.25) is 0 Å². The number of aryl methyl sites for hydroxylation is 1. The second-order valence-corrected chi connectivity index (χ2v) is 5.46. The molecule has 2 unspecified atom stereocenters. The second-order valence-electron chi connectivity index (χ2n) is 5.46. The molecule has 18 heavy (non-hydrogen) atoms. The fraction of sp³-hybridized carbons (Fsp3) is 0.667. The van der Waals surface area contributed by atoms with Crippen molar-refractivity contribution in [3.05, 3.63) is 23.4 Å². The van der Waals surface area contributed by atoms with Gasteiger partial charge < -0.3 is 11.1 Å². The van der Waals surface area contributed by atoms with Gasteiger partial charge >= 0.3 is 0 Å². The molecule has 2 atom stereocenters. The van der Waals surface area contributed by atoms with Crippen LogP contribution in [0.5, 0.6) is 0 Å². The number of anilines is 1. The molecule has 1 aliphatic carbocycles. The average molecular weight is 247 g/mol. The Morgan fingerprint density at radius 1 is 1.39 bits per heavy atom. The zero-order valence-electron chi connectivity index (χ0n) is 11.6. The predicted octanol–water partition coefficient (Wildman–Crippen LogP) is 3.00. The van der Waals surface area contributed by atoms with Gasteiger partial charge in [-0.1, -0.05) is 25.8 Å². The van der Waals surface area contributed by atoms with Crippen LogP contribution in [0.15, 0.2) is 12.3 Å². The molecule has 0 aliphatic heterocycles. The van der Waals surface area contributed by atoms with Crippen LogP contribution in [0.4, 0.5) is 5.82 Å². The number of nitrogens with zero attached hydrogens (tertiary/aromatic N) is 1. The first-order valence-electron chi connectivity index (χ1n) is 7.16. The van der Waals surface area contributed by atoms with E-state index in [-0.39, 0.29) is 0 Å². The van der Waals surface area contributed by atoms with Gasteiger partial charge in [0.15, 0.2) is 0 Å². The largest absolute Gasteiger partial charge is 0.383 e. The molecule has 3 nitrogen and oxygen atoms in total. The van der Waals surface area contributed by atoms with E-state index in [1.165, 1.54) is 43.2 Å². The lowest BCUT2D eigenvalue weighted by molar-refractivity contribution is 0.449. The maximum Gasteiger partial charge on any atom is 0.126 e. The molecule has 1 heterocycles. The van der Waals surface area contributed by atoms with Crippen LogP contribution in [0.25, 0.3) is 0 Å². The molecule has 1 aromatic heterocycles. The van der Waals surface area contributed by atoms with Crippen LogP contribution in [-0.2, 0) is 0 Å². The number of nitrogen functional groups attached to an aromatic ring is 1. The number of hydrogen-bond acceptors (Lipinski definition) is 3. The summed E-state index contributed by atoms with van der Waals surface area (Å²) >= 11 is 0. The third-order valence-corrected chi connectivity index (χ3v) is 3.94. The van der Waals surface area contributed by atoms with Gasteiger partial charge in [0.1, 0.15) is 5.82 Å². The quantitative estimate of drug-likeness (QED) is 0.807. The zero-order chi connectivity index (χ0) is 13.0. The molecular weight excluding hydrogens is 222 g/mol. The number of hydrogen-bond donors (Lipinski definition) is 2. The fourth-order valence-corrected chi connectivity index (χ4v) is 3.05. The van der Waals surface area contributed by atoms with Gasteiger partial charge in [0, 0.05) is 12.2 Å². The molecule has 3 heteroatoms. The van der Waals surface area contributed by atoms with E-state index in [4.69, 9.17) is 5.73 Å². The van der Waals surface area contributed by atoms with Crippen molar-refractivity contribution in [2.24, 2.45) is 0 Å². The maximum atomic E-state index is 6.06. The highest BCUT2D eigenvalue weighted by atomic mass is 14.9. The fourth-order valence-electron chi connectivity index (χ4n) is 3.05. The summed E-state index contributed by atoms with van der Waals surface area (Å²) in [6, 6.07) is 2.86. The van der Waals surface area contributed by atoms with Crippen LogP contribution in [0.3, 0.4) is 0 Å². The molecule has 0 amide bonds. The molecule has 1 saturated carbocycles. The third kappa shape index (κ3) is 3.22. The van der Waals surface area contributed by atoms with Crippen LogP contribution >= 0.6 is 0 Å². The van der Waals surface area contributed by atoms with Crippen molar-refractivity contribution in [3.8, 4) is 0 Å². The monoisotopic (exact) mass is 247 g/mol. The molecule has 0 spiro atoms. The SMILES string of the molecule is CCNC1CCCCC(c2cc(C)cnc2N)C1. The van der Waals surface area contributed by atoms with Crippen molar-refractivity contribution in [2.75, 3.05) is 12.3 Å². The summed E-state index contributed by atoms with van der Waals surface area (Å²) in [5.74, 6) is 1.30. The Morgan fingerprint density at radius 2 is 2.17 bits per heavy atom. The molecule has 100 valence electrons. The first-order valence-corrected chi connectivity index (χ1v) is 7.16. The molecule has 0 radical (unpaired) electrons. The summed E-state index contributed by atoms with van der Waals surface area (Å²) in [4.78, 5) is 4.31. The van der Waals surface area contributed by atoms with Crippen LogP contribution in [0.1, 0.15) is 56.1 Å². The summed E-state index contributed by atoms with van der Waals surface area (Å²) in [6.45, 7) is 5.33. The van der Waals surface area contributed by atoms with E-state index in [1.54, 1.807) is 0 Å². The van der Waals surface area contributed by atoms with Gasteiger partial charge in [-0.05, 0) is 49.8 Å². The number of aromatic nitrogens is 1. The van der Waals surface area contributed by atoms with E-state index in [0.717, 1.165) is 12.4 Å². The Bertz CT molecular complexity index is 389. The normalized spacial score (nSPS) is 24.8. The molecule has 0 aromatic carbocycles. The maximum absolute atomic E-state index is 6.06. The van der Waals surface area contributed by atoms with E-state index >= 15 is 0 Å². The average Bonchev–Trinajstić information content (AvgIpc) is 2.58. The van der Waals surface area contributed by atoms with Crippen molar-refractivity contribution in [1.29, 1.82) is 0 Å². The first kappa shape index (κ1) is 13.3. The predicted molar refractivity (Wildman–Crippen MR) is 76.7 cm³/mol. The summed E-state index contributed by atoms with van der Waals surface area (Å²) in [5, 5.41) is 3.60. The Labute approximate surface area is 110 Å². The number of nitrogens with two attached hydrogens (primary N) is 1. The topological polar surface area (TPSA) is 50.9 Å². The lowest BCUT2D eigenvalue weighted by atomic mass is 9.90. The Morgan fingerprint density at radius 3 is 2.94 bits per heavy atom. The smallest absolute Gasteiger partial charge is 0.126 e. The van der Waals surface area contributed by atoms with Gasteiger partial charge in [0.05, 0.1) is 0 Å². The molecule has 0 saturated heterocycles. The highest BCUT2D eigenvalue weighted by molar-refractivity contribution is 5.43. The van der Waals surface area contributed by atoms with Crippen LogP contribution in [0, 0.1) is 6.92 Å². The van der Waals surface area contributed by atoms with Gasteiger partial charge in [0.2, 0.25) is 0 Å². The Hall–Kier alpha value is -1.09. The standard InChI is InChI=1S/C15H25N3/c1-3-17-13-7-5-4-6-12(9-13)14-8-11(2)10-18-15(14)16/h8,10,12-13,17H,3-7,9H2,1-2H3,(H2,16,18). The second kappa shape index (κ2) is 6.19. The van der Waals surface area contributed by atoms with Gasteiger partial charge in [-0.2, -0.15) is 0 Å². The highest BCUT2D eigenvalue weighted by Crippen LogP contribution is 2.34. The zero-order valence-corrected chi connectivity index (χ0v) is 11.6. The molecule has 1 aliphatic rings. The van der Waals surface area contributed by atoms with E-state index in [1.807, 2.05) is 6.20 Å². The van der Waals surface area contributed by atoms with Crippen molar-refractivity contribution in [2.45, 2.75) is 57.9 Å². The molecule has 1 fully saturated rings. The lowest BCUT2D eigenvalue weighted by Crippen LogP contribution is -2.29. The lowest BCUT2D eigenvalue weighted by Gasteiger charge is -2.22. The molecular formula is C15H25N3. The summed E-state index contributed by atoms with van der Waals surface area (Å²) < 4.78 is 0. The van der Waals surface area contributed by atoms with Gasteiger partial charge in [-0.25, -0.2) is 4.98 Å². The van der Waals surface area contributed by atoms with Crippen LogP contribution < -0.4 is 11.1 Å². The number of rotatable bonds is 3. The Balaban J connectivity index is 2.16. The molecule has 2 rings (SSSR count). The summed E-state index contributed by atoms with van der Waals surface area (Å²) in [7, 11) is 0. The van der Waals surface area contributed by atoms with E-state index < -0.39 is 0 Å². The summed E-state index contributed by atoms with van der Waals surface area (Å²) in [6.07, 6.45) is 8.23. The van der Waals surface area contributed by atoms with E-state index in [9.17, 15) is 0 Å². The minimum atomic E-state index is 0.573. The van der Waals surface area contributed by atoms with Gasteiger partial charge in [-0.15, -0.1) is 0 Å². The number of nitrogens with one attached hydrogen (secondary N) is 1. The molecule has 1 aromatic rings.